The Labute approximate surface area is 140 Å². The number of nitrogens with zero attached hydrogens (tertiary/aromatic N) is 1. The highest BCUT2D eigenvalue weighted by atomic mass is 16.6. The number of allylic oxidation sites excluding steroid dienone is 2. The molecule has 24 heavy (non-hydrogen) atoms. The van der Waals surface area contributed by atoms with Crippen molar-refractivity contribution in [3.8, 4) is 0 Å². The zero-order chi connectivity index (χ0) is 17.9. The van der Waals surface area contributed by atoms with Crippen LogP contribution in [0.2, 0.25) is 0 Å². The second-order valence-electron chi connectivity index (χ2n) is 6.88. The summed E-state index contributed by atoms with van der Waals surface area (Å²) in [6.45, 7) is 3.63. The van der Waals surface area contributed by atoms with E-state index in [0.717, 1.165) is 0 Å². The number of nitrogens with one attached hydrogen (secondary N) is 1. The molecule has 7 heteroatoms. The summed E-state index contributed by atoms with van der Waals surface area (Å²) in [5.41, 5.74) is 0.888. The summed E-state index contributed by atoms with van der Waals surface area (Å²) in [7, 11) is 0. The van der Waals surface area contributed by atoms with Crippen molar-refractivity contribution in [1.82, 2.24) is 5.32 Å². The number of aliphatic hydroxyl groups is 2. The molecule has 0 bridgehead atoms. The van der Waals surface area contributed by atoms with Crippen LogP contribution in [-0.2, 0) is 4.79 Å². The number of non-ortho nitro benzene ring substituents is 1. The molecule has 0 unspecified atom stereocenters. The van der Waals surface area contributed by atoms with Crippen molar-refractivity contribution < 1.29 is 19.9 Å². The number of carbonyl (C=O) groups excluding carboxylic acids is 1. The van der Waals surface area contributed by atoms with E-state index in [1.54, 1.807) is 0 Å². The Morgan fingerprint density at radius 2 is 1.92 bits per heavy atom. The minimum Gasteiger partial charge on any atom is -0.394 e. The summed E-state index contributed by atoms with van der Waals surface area (Å²) < 4.78 is 0. The van der Waals surface area contributed by atoms with Crippen LogP contribution in [0.4, 0.5) is 5.69 Å². The number of benzene rings is 1. The lowest BCUT2D eigenvalue weighted by molar-refractivity contribution is -0.384. The third kappa shape index (κ3) is 4.39. The smallest absolute Gasteiger partial charge is 0.269 e. The molecule has 0 heterocycles. The maximum absolute atomic E-state index is 11.8. The van der Waals surface area contributed by atoms with Crippen molar-refractivity contribution >= 4 is 11.5 Å². The van der Waals surface area contributed by atoms with Crippen molar-refractivity contribution in [2.24, 2.45) is 5.41 Å². The Morgan fingerprint density at radius 1 is 1.29 bits per heavy atom. The maximum Gasteiger partial charge on any atom is 0.269 e. The fraction of sp³-hybridized carbons (Fsp3) is 0.471. The van der Waals surface area contributed by atoms with Crippen molar-refractivity contribution in [2.75, 3.05) is 6.61 Å². The highest BCUT2D eigenvalue weighted by Gasteiger charge is 2.30. The lowest BCUT2D eigenvalue weighted by Crippen LogP contribution is -2.40. The molecular weight excluding hydrogens is 312 g/mol. The number of rotatable bonds is 6. The number of ketones is 1. The summed E-state index contributed by atoms with van der Waals surface area (Å²) in [6.07, 6.45) is 1.56. The van der Waals surface area contributed by atoms with Gasteiger partial charge in [-0.2, -0.15) is 0 Å². The number of nitro groups is 1. The van der Waals surface area contributed by atoms with E-state index in [2.05, 4.69) is 5.32 Å². The van der Waals surface area contributed by atoms with Crippen LogP contribution >= 0.6 is 0 Å². The van der Waals surface area contributed by atoms with E-state index < -0.39 is 17.1 Å². The number of aliphatic hydroxyl groups excluding tert-OH is 2. The van der Waals surface area contributed by atoms with Gasteiger partial charge in [-0.3, -0.25) is 14.9 Å². The van der Waals surface area contributed by atoms with Gasteiger partial charge >= 0.3 is 0 Å². The van der Waals surface area contributed by atoms with E-state index in [9.17, 15) is 25.1 Å². The molecule has 0 aliphatic heterocycles. The van der Waals surface area contributed by atoms with Crippen LogP contribution in [0, 0.1) is 15.5 Å². The number of carbonyl (C=O) groups is 1. The molecule has 3 N–H and O–H groups in total. The van der Waals surface area contributed by atoms with E-state index in [1.165, 1.54) is 30.3 Å². The van der Waals surface area contributed by atoms with Crippen LogP contribution in [0.3, 0.4) is 0 Å². The molecule has 7 nitrogen and oxygen atoms in total. The monoisotopic (exact) mass is 334 g/mol. The SMILES string of the molecule is CC1(C)CC(=O)C=C(N[C@H](CO)[C@@H](O)c2ccc([N+](=O)[O-])cc2)C1. The summed E-state index contributed by atoms with van der Waals surface area (Å²) in [5, 5.41) is 33.7. The van der Waals surface area contributed by atoms with Gasteiger partial charge in [0.2, 0.25) is 0 Å². The molecular formula is C17H22N2O5. The first kappa shape index (κ1) is 18.1. The van der Waals surface area contributed by atoms with Gasteiger partial charge in [-0.15, -0.1) is 0 Å². The predicted molar refractivity (Wildman–Crippen MR) is 88.2 cm³/mol. The van der Waals surface area contributed by atoms with E-state index in [1.807, 2.05) is 13.8 Å². The van der Waals surface area contributed by atoms with Gasteiger partial charge in [0.25, 0.3) is 5.69 Å². The molecule has 1 aliphatic rings. The van der Waals surface area contributed by atoms with Crippen LogP contribution in [0.1, 0.15) is 38.4 Å². The summed E-state index contributed by atoms with van der Waals surface area (Å²) in [4.78, 5) is 22.0. The van der Waals surface area contributed by atoms with E-state index in [-0.39, 0.29) is 23.5 Å². The number of nitro benzene ring substituents is 1. The molecule has 1 aromatic rings. The minimum atomic E-state index is -1.06. The molecule has 2 atom stereocenters. The van der Waals surface area contributed by atoms with Crippen LogP contribution in [-0.4, -0.2) is 33.6 Å². The average Bonchev–Trinajstić information content (AvgIpc) is 2.50. The summed E-state index contributed by atoms with van der Waals surface area (Å²) in [5.74, 6) is 0.00951. The van der Waals surface area contributed by atoms with Gasteiger partial charge in [0.05, 0.1) is 17.6 Å². The van der Waals surface area contributed by atoms with E-state index in [0.29, 0.717) is 24.1 Å². The molecule has 130 valence electrons. The Balaban J connectivity index is 2.13. The lowest BCUT2D eigenvalue weighted by atomic mass is 9.78. The highest BCUT2D eigenvalue weighted by molar-refractivity contribution is 5.91. The third-order valence-corrected chi connectivity index (χ3v) is 4.05. The standard InChI is InChI=1S/C17H22N2O5/c1-17(2)8-12(7-14(21)9-17)18-15(10-20)16(22)11-3-5-13(6-4-11)19(23)24/h3-7,15-16,18,20,22H,8-10H2,1-2H3/t15-,16+/m1/s1. The fourth-order valence-electron chi connectivity index (χ4n) is 2.93. The van der Waals surface area contributed by atoms with Crippen molar-refractivity contribution in [3.05, 3.63) is 51.7 Å². The molecule has 2 rings (SSSR count). The Bertz CT molecular complexity index is 651. The third-order valence-electron chi connectivity index (χ3n) is 4.05. The number of hydrogen-bond acceptors (Lipinski definition) is 6. The quantitative estimate of drug-likeness (QED) is 0.540. The Hall–Kier alpha value is -2.25. The normalized spacial score (nSPS) is 19.3. The number of hydrogen-bond donors (Lipinski definition) is 3. The first-order valence-corrected chi connectivity index (χ1v) is 7.75. The molecule has 1 aliphatic carbocycles. The molecule has 0 radical (unpaired) electrons. The molecule has 0 aromatic heterocycles. The zero-order valence-corrected chi connectivity index (χ0v) is 13.7. The minimum absolute atomic E-state index is 0.00951. The molecule has 0 saturated carbocycles. The average molecular weight is 334 g/mol. The van der Waals surface area contributed by atoms with E-state index in [4.69, 9.17) is 0 Å². The van der Waals surface area contributed by atoms with Gasteiger partial charge < -0.3 is 15.5 Å². The van der Waals surface area contributed by atoms with E-state index >= 15 is 0 Å². The molecule has 0 amide bonds. The molecule has 0 fully saturated rings. The van der Waals surface area contributed by atoms with Crippen molar-refractivity contribution in [3.63, 3.8) is 0 Å². The van der Waals surface area contributed by atoms with Gasteiger partial charge in [-0.25, -0.2) is 0 Å². The van der Waals surface area contributed by atoms with Gasteiger partial charge in [0.1, 0.15) is 6.10 Å². The Kier molecular flexibility index (Phi) is 5.36. The largest absolute Gasteiger partial charge is 0.394 e. The molecule has 0 saturated heterocycles. The summed E-state index contributed by atoms with van der Waals surface area (Å²) in [6, 6.07) is 4.81. The highest BCUT2D eigenvalue weighted by Crippen LogP contribution is 2.33. The Morgan fingerprint density at radius 3 is 2.42 bits per heavy atom. The topological polar surface area (TPSA) is 113 Å². The fourth-order valence-corrected chi connectivity index (χ4v) is 2.93. The predicted octanol–water partition coefficient (Wildman–Crippen LogP) is 1.85. The first-order valence-electron chi connectivity index (χ1n) is 7.75. The van der Waals surface area contributed by atoms with Crippen LogP contribution < -0.4 is 5.32 Å². The summed E-state index contributed by atoms with van der Waals surface area (Å²) >= 11 is 0. The van der Waals surface area contributed by atoms with Gasteiger partial charge in [0.15, 0.2) is 5.78 Å². The molecule has 1 aromatic carbocycles. The van der Waals surface area contributed by atoms with Crippen LogP contribution in [0.25, 0.3) is 0 Å². The zero-order valence-electron chi connectivity index (χ0n) is 13.7. The van der Waals surface area contributed by atoms with Crippen LogP contribution in [0.15, 0.2) is 36.0 Å². The van der Waals surface area contributed by atoms with Crippen molar-refractivity contribution in [1.29, 1.82) is 0 Å². The second-order valence-corrected chi connectivity index (χ2v) is 6.88. The van der Waals surface area contributed by atoms with Gasteiger partial charge in [-0.05, 0) is 29.5 Å². The van der Waals surface area contributed by atoms with Crippen LogP contribution in [0.5, 0.6) is 0 Å². The maximum atomic E-state index is 11.8. The lowest BCUT2D eigenvalue weighted by Gasteiger charge is -2.32. The second kappa shape index (κ2) is 7.11. The van der Waals surface area contributed by atoms with Gasteiger partial charge in [-0.1, -0.05) is 13.8 Å². The van der Waals surface area contributed by atoms with Crippen molar-refractivity contribution in [2.45, 2.75) is 38.8 Å². The molecule has 0 spiro atoms. The van der Waals surface area contributed by atoms with Gasteiger partial charge in [0, 0.05) is 30.3 Å². The first-order chi connectivity index (χ1) is 11.2.